The number of amides is 1. The van der Waals surface area contributed by atoms with E-state index in [0.29, 0.717) is 21.9 Å². The first-order valence-electron chi connectivity index (χ1n) is 5.55. The van der Waals surface area contributed by atoms with Crippen LogP contribution >= 0.6 is 39.5 Å². The van der Waals surface area contributed by atoms with Gasteiger partial charge in [-0.05, 0) is 29.6 Å². The van der Waals surface area contributed by atoms with Crippen LogP contribution in [0.2, 0.25) is 0 Å². The van der Waals surface area contributed by atoms with Crippen molar-refractivity contribution in [3.05, 3.63) is 44.6 Å². The number of anilines is 1. The number of carbonyl (C=O) groups excluding carboxylic acids is 1. The smallest absolute Gasteiger partial charge is 0.269 e. The van der Waals surface area contributed by atoms with Crippen LogP contribution in [0, 0.1) is 0 Å². The summed E-state index contributed by atoms with van der Waals surface area (Å²) in [4.78, 5) is 13.0. The summed E-state index contributed by atoms with van der Waals surface area (Å²) in [6, 6.07) is 7.07. The molecule has 1 amide bonds. The topological polar surface area (TPSA) is 64.3 Å². The Kier molecular flexibility index (Phi) is 4.74. The van der Waals surface area contributed by atoms with Gasteiger partial charge < -0.3 is 15.8 Å². The van der Waals surface area contributed by atoms with Gasteiger partial charge in [-0.25, -0.2) is 0 Å². The molecule has 0 spiro atoms. The van der Waals surface area contributed by atoms with E-state index < -0.39 is 0 Å². The van der Waals surface area contributed by atoms with Crippen molar-refractivity contribution in [1.82, 2.24) is 0 Å². The van der Waals surface area contributed by atoms with Crippen LogP contribution in [-0.2, 0) is 0 Å². The van der Waals surface area contributed by atoms with Gasteiger partial charge >= 0.3 is 0 Å². The van der Waals surface area contributed by atoms with Crippen LogP contribution in [0.1, 0.15) is 15.2 Å². The van der Waals surface area contributed by atoms with E-state index >= 15 is 0 Å². The zero-order valence-electron chi connectivity index (χ0n) is 10.5. The average Bonchev–Trinajstić information content (AvgIpc) is 2.89. The number of rotatable bonds is 4. The maximum atomic E-state index is 12.2. The third kappa shape index (κ3) is 3.17. The van der Waals surface area contributed by atoms with Gasteiger partial charge in [0.25, 0.3) is 5.91 Å². The number of thiocarbonyl (C=S) groups is 1. The Bertz CT molecular complexity index is 670. The summed E-state index contributed by atoms with van der Waals surface area (Å²) in [7, 11) is 1.53. The van der Waals surface area contributed by atoms with E-state index in [-0.39, 0.29) is 10.9 Å². The maximum absolute atomic E-state index is 12.2. The largest absolute Gasteiger partial charge is 0.495 e. The second kappa shape index (κ2) is 6.34. The summed E-state index contributed by atoms with van der Waals surface area (Å²) in [5, 5.41) is 4.59. The molecule has 0 unspecified atom stereocenters. The number of benzene rings is 1. The van der Waals surface area contributed by atoms with Crippen LogP contribution in [0.15, 0.2) is 34.1 Å². The van der Waals surface area contributed by atoms with E-state index in [1.54, 1.807) is 23.6 Å². The van der Waals surface area contributed by atoms with E-state index in [4.69, 9.17) is 22.7 Å². The van der Waals surface area contributed by atoms with Gasteiger partial charge in [0.2, 0.25) is 0 Å². The molecule has 0 saturated carbocycles. The van der Waals surface area contributed by atoms with Gasteiger partial charge in [-0.15, -0.1) is 11.3 Å². The fraction of sp³-hybridized carbons (Fsp3) is 0.0769. The first-order chi connectivity index (χ1) is 9.52. The van der Waals surface area contributed by atoms with Gasteiger partial charge in [0.05, 0.1) is 12.8 Å². The number of carbonyl (C=O) groups is 1. The van der Waals surface area contributed by atoms with Gasteiger partial charge in [-0.1, -0.05) is 28.1 Å². The Labute approximate surface area is 134 Å². The molecule has 0 fully saturated rings. The van der Waals surface area contributed by atoms with Gasteiger partial charge in [0, 0.05) is 10.0 Å². The Morgan fingerprint density at radius 3 is 2.85 bits per heavy atom. The SMILES string of the molecule is COc1ccsc1C(=O)Nc1ccc(Br)cc1C(N)=S. The predicted molar refractivity (Wildman–Crippen MR) is 88.9 cm³/mol. The Morgan fingerprint density at radius 1 is 1.45 bits per heavy atom. The first kappa shape index (κ1) is 15.0. The molecular formula is C13H11BrN2O2S2. The highest BCUT2D eigenvalue weighted by molar-refractivity contribution is 9.10. The minimum Gasteiger partial charge on any atom is -0.495 e. The van der Waals surface area contributed by atoms with Gasteiger partial charge in [0.15, 0.2) is 0 Å². The molecule has 2 aromatic rings. The lowest BCUT2D eigenvalue weighted by Gasteiger charge is -2.10. The highest BCUT2D eigenvalue weighted by Crippen LogP contribution is 2.27. The average molecular weight is 371 g/mol. The van der Waals surface area contributed by atoms with Crippen molar-refractivity contribution in [2.45, 2.75) is 0 Å². The number of methoxy groups -OCH3 is 1. The van der Waals surface area contributed by atoms with Crippen LogP contribution in [0.5, 0.6) is 5.75 Å². The molecule has 1 aromatic carbocycles. The molecule has 0 aliphatic carbocycles. The predicted octanol–water partition coefficient (Wildman–Crippen LogP) is 3.41. The summed E-state index contributed by atoms with van der Waals surface area (Å²) in [6.07, 6.45) is 0. The number of halogens is 1. The molecule has 20 heavy (non-hydrogen) atoms. The molecule has 0 atom stereocenters. The summed E-state index contributed by atoms with van der Waals surface area (Å²) in [5.74, 6) is 0.290. The van der Waals surface area contributed by atoms with Crippen molar-refractivity contribution in [1.29, 1.82) is 0 Å². The minimum absolute atomic E-state index is 0.222. The monoisotopic (exact) mass is 370 g/mol. The summed E-state index contributed by atoms with van der Waals surface area (Å²) < 4.78 is 5.97. The number of hydrogen-bond donors (Lipinski definition) is 2. The number of ether oxygens (including phenoxy) is 1. The standard InChI is InChI=1S/C13H11BrN2O2S2/c1-18-10-4-5-20-11(10)13(17)16-9-3-2-7(14)6-8(9)12(15)19/h2-6H,1H3,(H2,15,19)(H,16,17). The van der Waals surface area contributed by atoms with E-state index in [2.05, 4.69) is 21.2 Å². The van der Waals surface area contributed by atoms with E-state index in [1.165, 1.54) is 18.4 Å². The zero-order valence-corrected chi connectivity index (χ0v) is 13.7. The molecule has 3 N–H and O–H groups in total. The summed E-state index contributed by atoms with van der Waals surface area (Å²) in [6.45, 7) is 0. The second-order valence-corrected chi connectivity index (χ2v) is 6.10. The van der Waals surface area contributed by atoms with Crippen molar-refractivity contribution in [3.8, 4) is 5.75 Å². The van der Waals surface area contributed by atoms with E-state index in [1.807, 2.05) is 6.07 Å². The molecule has 0 saturated heterocycles. The van der Waals surface area contributed by atoms with Crippen molar-refractivity contribution in [3.63, 3.8) is 0 Å². The number of hydrogen-bond acceptors (Lipinski definition) is 4. The normalized spacial score (nSPS) is 10.1. The second-order valence-electron chi connectivity index (χ2n) is 3.83. The van der Waals surface area contributed by atoms with Crippen LogP contribution < -0.4 is 15.8 Å². The van der Waals surface area contributed by atoms with Crippen molar-refractivity contribution >= 4 is 56.1 Å². The molecule has 4 nitrogen and oxygen atoms in total. The molecule has 1 aromatic heterocycles. The fourth-order valence-electron chi connectivity index (χ4n) is 1.63. The Hall–Kier alpha value is -1.44. The van der Waals surface area contributed by atoms with Gasteiger partial charge in [-0.3, -0.25) is 4.79 Å². The number of nitrogens with two attached hydrogens (primary N) is 1. The lowest BCUT2D eigenvalue weighted by Crippen LogP contribution is -2.17. The van der Waals surface area contributed by atoms with Crippen LogP contribution in [0.3, 0.4) is 0 Å². The summed E-state index contributed by atoms with van der Waals surface area (Å²) in [5.41, 5.74) is 6.85. The third-order valence-electron chi connectivity index (χ3n) is 2.55. The molecule has 0 bridgehead atoms. The van der Waals surface area contributed by atoms with Crippen molar-refractivity contribution < 1.29 is 9.53 Å². The van der Waals surface area contributed by atoms with Gasteiger partial charge in [0.1, 0.15) is 15.6 Å². The quantitative estimate of drug-likeness (QED) is 0.809. The molecule has 0 aliphatic rings. The van der Waals surface area contributed by atoms with E-state index in [0.717, 1.165) is 4.47 Å². The lowest BCUT2D eigenvalue weighted by molar-refractivity contribution is 0.102. The molecule has 2 rings (SSSR count). The molecule has 7 heteroatoms. The minimum atomic E-state index is -0.253. The Morgan fingerprint density at radius 2 is 2.20 bits per heavy atom. The molecule has 1 heterocycles. The molecule has 104 valence electrons. The van der Waals surface area contributed by atoms with E-state index in [9.17, 15) is 4.79 Å². The van der Waals surface area contributed by atoms with Gasteiger partial charge in [-0.2, -0.15) is 0 Å². The van der Waals surface area contributed by atoms with Crippen molar-refractivity contribution in [2.24, 2.45) is 5.73 Å². The van der Waals surface area contributed by atoms with Crippen LogP contribution in [0.25, 0.3) is 0 Å². The number of thiophene rings is 1. The number of nitrogens with one attached hydrogen (secondary N) is 1. The highest BCUT2D eigenvalue weighted by Gasteiger charge is 2.16. The highest BCUT2D eigenvalue weighted by atomic mass is 79.9. The van der Waals surface area contributed by atoms with Crippen LogP contribution in [-0.4, -0.2) is 18.0 Å². The molecule has 0 aliphatic heterocycles. The summed E-state index contributed by atoms with van der Waals surface area (Å²) >= 11 is 9.65. The van der Waals surface area contributed by atoms with Crippen LogP contribution in [0.4, 0.5) is 5.69 Å². The third-order valence-corrected chi connectivity index (χ3v) is 4.16. The zero-order chi connectivity index (χ0) is 14.7. The Balaban J connectivity index is 2.31. The molecule has 0 radical (unpaired) electrons. The van der Waals surface area contributed by atoms with Crippen molar-refractivity contribution in [2.75, 3.05) is 12.4 Å². The lowest BCUT2D eigenvalue weighted by atomic mass is 10.1. The maximum Gasteiger partial charge on any atom is 0.269 e. The fourth-order valence-corrected chi connectivity index (χ4v) is 2.92. The first-order valence-corrected chi connectivity index (χ1v) is 7.63. The molecular weight excluding hydrogens is 360 g/mol.